The van der Waals surface area contributed by atoms with Crippen molar-refractivity contribution >= 4 is 11.6 Å². The number of ether oxygens (including phenoxy) is 1. The van der Waals surface area contributed by atoms with Gasteiger partial charge in [0.1, 0.15) is 11.9 Å². The second-order valence-corrected chi connectivity index (χ2v) is 8.36. The fraction of sp³-hybridized carbons (Fsp3) is 0.222. The number of imidazole rings is 1. The van der Waals surface area contributed by atoms with Crippen LogP contribution in [0.4, 0.5) is 0 Å². The molecule has 3 aromatic carbocycles. The van der Waals surface area contributed by atoms with Crippen LogP contribution in [0.1, 0.15) is 28.6 Å². The van der Waals surface area contributed by atoms with E-state index in [4.69, 9.17) is 16.3 Å². The molecule has 4 aromatic rings. The number of aromatic nitrogens is 2. The van der Waals surface area contributed by atoms with Crippen molar-refractivity contribution in [3.05, 3.63) is 125 Å². The van der Waals surface area contributed by atoms with Gasteiger partial charge in [-0.25, -0.2) is 4.98 Å². The van der Waals surface area contributed by atoms with Crippen LogP contribution < -0.4 is 0 Å². The minimum atomic E-state index is -0.267. The number of nitrogens with zero attached hydrogens (tertiary/aromatic N) is 3. The van der Waals surface area contributed by atoms with Crippen molar-refractivity contribution in [3.8, 4) is 0 Å². The zero-order chi connectivity index (χ0) is 22.2. The average molecular weight is 446 g/mol. The highest BCUT2D eigenvalue weighted by atomic mass is 35.5. The number of likely N-dealkylation sites (N-methyl/N-ethyl adjacent to an activating group) is 1. The molecule has 164 valence electrons. The maximum absolute atomic E-state index is 6.43. The molecule has 0 saturated carbocycles. The molecule has 0 radical (unpaired) electrons. The molecular formula is C27H28ClN3O. The Kier molecular flexibility index (Phi) is 7.73. The Morgan fingerprint density at radius 3 is 2.25 bits per heavy atom. The number of rotatable bonds is 10. The third-order valence-electron chi connectivity index (χ3n) is 5.40. The lowest BCUT2D eigenvalue weighted by Crippen LogP contribution is -2.24. The van der Waals surface area contributed by atoms with Gasteiger partial charge in [0.2, 0.25) is 0 Å². The lowest BCUT2D eigenvalue weighted by Gasteiger charge is -2.22. The molecule has 0 fully saturated rings. The first-order chi connectivity index (χ1) is 15.7. The van der Waals surface area contributed by atoms with Gasteiger partial charge in [0.15, 0.2) is 0 Å². The van der Waals surface area contributed by atoms with Gasteiger partial charge in [-0.3, -0.25) is 4.90 Å². The van der Waals surface area contributed by atoms with Crippen molar-refractivity contribution in [3.63, 3.8) is 0 Å². The second kappa shape index (κ2) is 11.1. The van der Waals surface area contributed by atoms with E-state index in [1.807, 2.05) is 48.8 Å². The van der Waals surface area contributed by atoms with Crippen LogP contribution in [0.15, 0.2) is 97.3 Å². The maximum atomic E-state index is 6.43. The Hall–Kier alpha value is -2.92. The molecule has 4 nitrogen and oxygen atoms in total. The van der Waals surface area contributed by atoms with Gasteiger partial charge in [0, 0.05) is 37.1 Å². The molecule has 0 aliphatic heterocycles. The molecule has 1 heterocycles. The fourth-order valence-corrected chi connectivity index (χ4v) is 3.86. The fourth-order valence-electron chi connectivity index (χ4n) is 3.73. The summed E-state index contributed by atoms with van der Waals surface area (Å²) in [6, 6.07) is 28.7. The van der Waals surface area contributed by atoms with E-state index in [2.05, 4.69) is 70.0 Å². The van der Waals surface area contributed by atoms with Crippen molar-refractivity contribution in [1.82, 2.24) is 14.5 Å². The molecular weight excluding hydrogens is 418 g/mol. The Morgan fingerprint density at radius 1 is 0.906 bits per heavy atom. The van der Waals surface area contributed by atoms with E-state index < -0.39 is 0 Å². The summed E-state index contributed by atoms with van der Waals surface area (Å²) in [7, 11) is 2.12. The molecule has 0 bridgehead atoms. The van der Waals surface area contributed by atoms with Crippen LogP contribution in [0.2, 0.25) is 5.02 Å². The van der Waals surface area contributed by atoms with E-state index in [9.17, 15) is 0 Å². The summed E-state index contributed by atoms with van der Waals surface area (Å²) in [5, 5.41) is 0.711. The summed E-state index contributed by atoms with van der Waals surface area (Å²) in [6.07, 6.45) is 3.58. The highest BCUT2D eigenvalue weighted by Gasteiger charge is 2.20. The monoisotopic (exact) mass is 445 g/mol. The molecule has 0 aliphatic rings. The first-order valence-electron chi connectivity index (χ1n) is 10.8. The lowest BCUT2D eigenvalue weighted by atomic mass is 10.1. The topological polar surface area (TPSA) is 30.3 Å². The Balaban J connectivity index is 1.48. The van der Waals surface area contributed by atoms with Crippen LogP contribution in [-0.4, -0.2) is 34.7 Å². The smallest absolute Gasteiger partial charge is 0.142 e. The molecule has 5 heteroatoms. The number of hydrogen-bond donors (Lipinski definition) is 0. The molecule has 1 unspecified atom stereocenters. The summed E-state index contributed by atoms with van der Waals surface area (Å²) in [6.45, 7) is 3.04. The largest absolute Gasteiger partial charge is 0.364 e. The normalized spacial score (nSPS) is 12.2. The third kappa shape index (κ3) is 6.07. The molecule has 4 rings (SSSR count). The van der Waals surface area contributed by atoms with E-state index in [0.717, 1.165) is 31.0 Å². The van der Waals surface area contributed by atoms with E-state index in [1.165, 1.54) is 11.1 Å². The van der Waals surface area contributed by atoms with Crippen LogP contribution >= 0.6 is 11.6 Å². The first-order valence-corrected chi connectivity index (χ1v) is 11.2. The predicted molar refractivity (Wildman–Crippen MR) is 130 cm³/mol. The summed E-state index contributed by atoms with van der Waals surface area (Å²) < 4.78 is 8.59. The standard InChI is InChI=1S/C27H28ClN3O/c1-30(20-22-8-4-2-5-9-22)18-19-32-26(24-12-14-25(28)15-13-24)27-29-16-17-31(27)21-23-10-6-3-7-11-23/h2-17,26H,18-21H2,1H3. The highest BCUT2D eigenvalue weighted by molar-refractivity contribution is 6.30. The van der Waals surface area contributed by atoms with Crippen LogP contribution in [0, 0.1) is 0 Å². The minimum absolute atomic E-state index is 0.267. The van der Waals surface area contributed by atoms with Gasteiger partial charge in [0.25, 0.3) is 0 Å². The van der Waals surface area contributed by atoms with Gasteiger partial charge >= 0.3 is 0 Å². The molecule has 32 heavy (non-hydrogen) atoms. The third-order valence-corrected chi connectivity index (χ3v) is 5.66. The average Bonchev–Trinajstić information content (AvgIpc) is 3.26. The van der Waals surface area contributed by atoms with Crippen molar-refractivity contribution in [2.24, 2.45) is 0 Å². The SMILES string of the molecule is CN(CCOC(c1ccc(Cl)cc1)c1nccn1Cc1ccccc1)Cc1ccccc1. The van der Waals surface area contributed by atoms with E-state index >= 15 is 0 Å². The van der Waals surface area contributed by atoms with Gasteiger partial charge < -0.3 is 9.30 Å². The maximum Gasteiger partial charge on any atom is 0.142 e. The molecule has 0 aliphatic carbocycles. The summed E-state index contributed by atoms with van der Waals surface area (Å²) in [5.41, 5.74) is 3.56. The van der Waals surface area contributed by atoms with Crippen LogP contribution in [0.25, 0.3) is 0 Å². The summed E-state index contributed by atoms with van der Waals surface area (Å²) in [5.74, 6) is 0.891. The molecule has 1 aromatic heterocycles. The van der Waals surface area contributed by atoms with Crippen LogP contribution in [0.3, 0.4) is 0 Å². The van der Waals surface area contributed by atoms with E-state index in [0.29, 0.717) is 11.6 Å². The predicted octanol–water partition coefficient (Wildman–Crippen LogP) is 5.82. The van der Waals surface area contributed by atoms with Crippen molar-refractivity contribution in [2.75, 3.05) is 20.2 Å². The Morgan fingerprint density at radius 2 is 1.56 bits per heavy atom. The van der Waals surface area contributed by atoms with Crippen LogP contribution in [-0.2, 0) is 17.8 Å². The summed E-state index contributed by atoms with van der Waals surface area (Å²) >= 11 is 6.13. The van der Waals surface area contributed by atoms with Gasteiger partial charge in [-0.2, -0.15) is 0 Å². The number of hydrogen-bond acceptors (Lipinski definition) is 3. The summed E-state index contributed by atoms with van der Waals surface area (Å²) in [4.78, 5) is 6.94. The lowest BCUT2D eigenvalue weighted by molar-refractivity contribution is 0.0567. The zero-order valence-corrected chi connectivity index (χ0v) is 19.0. The van der Waals surface area contributed by atoms with Gasteiger partial charge in [0.05, 0.1) is 6.61 Å². The van der Waals surface area contributed by atoms with Gasteiger partial charge in [-0.15, -0.1) is 0 Å². The molecule has 0 spiro atoms. The molecule has 0 N–H and O–H groups in total. The van der Waals surface area contributed by atoms with Gasteiger partial charge in [-0.1, -0.05) is 84.4 Å². The molecule has 1 atom stereocenters. The molecule has 0 saturated heterocycles. The van der Waals surface area contributed by atoms with Gasteiger partial charge in [-0.05, 0) is 35.9 Å². The van der Waals surface area contributed by atoms with Crippen molar-refractivity contribution in [2.45, 2.75) is 19.2 Å². The van der Waals surface area contributed by atoms with Crippen molar-refractivity contribution < 1.29 is 4.74 Å². The zero-order valence-electron chi connectivity index (χ0n) is 18.3. The second-order valence-electron chi connectivity index (χ2n) is 7.92. The first kappa shape index (κ1) is 22.3. The molecule has 0 amide bonds. The number of benzene rings is 3. The van der Waals surface area contributed by atoms with Crippen molar-refractivity contribution in [1.29, 1.82) is 0 Å². The Labute approximate surface area is 195 Å². The quantitative estimate of drug-likeness (QED) is 0.308. The van der Waals surface area contributed by atoms with E-state index in [1.54, 1.807) is 0 Å². The number of halogens is 1. The van der Waals surface area contributed by atoms with E-state index in [-0.39, 0.29) is 6.10 Å². The highest BCUT2D eigenvalue weighted by Crippen LogP contribution is 2.27. The Bertz CT molecular complexity index is 1080. The minimum Gasteiger partial charge on any atom is -0.364 e. The van der Waals surface area contributed by atoms with Crippen LogP contribution in [0.5, 0.6) is 0 Å².